The Morgan fingerprint density at radius 3 is 2.46 bits per heavy atom. The first-order valence-corrected chi connectivity index (χ1v) is 5.85. The van der Waals surface area contributed by atoms with Gasteiger partial charge in [-0.15, -0.1) is 0 Å². The topological polar surface area (TPSA) is 0 Å². The Hall–Kier alpha value is -0.297. The van der Waals surface area contributed by atoms with E-state index in [1.807, 2.05) is 0 Å². The van der Waals surface area contributed by atoms with Gasteiger partial charge in [-0.3, -0.25) is 0 Å². The molecular weight excluding hydrogens is 249 g/mol. The second-order valence-corrected chi connectivity index (χ2v) is 3.29. The minimum atomic E-state index is -2.77. The van der Waals surface area contributed by atoms with Gasteiger partial charge in [0.25, 0.3) is 0 Å². The van der Waals surface area contributed by atoms with E-state index in [1.54, 1.807) is 0 Å². The second-order valence-electron chi connectivity index (χ2n) is 2.94. The molecule has 0 nitrogen and oxygen atoms in total. The van der Waals surface area contributed by atoms with Gasteiger partial charge in [-0.2, -0.15) is 0 Å². The third kappa shape index (κ3) is 3.15. The molecule has 1 aromatic rings. The third-order valence-corrected chi connectivity index (χ3v) is 1.93. The van der Waals surface area contributed by atoms with Gasteiger partial charge in [-0.25, -0.2) is 0 Å². The molecule has 0 radical (unpaired) electrons. The zero-order valence-corrected chi connectivity index (χ0v) is 9.81. The van der Waals surface area contributed by atoms with Crippen LogP contribution in [0, 0.1) is 0 Å². The van der Waals surface area contributed by atoms with Gasteiger partial charge in [0, 0.05) is 0 Å². The van der Waals surface area contributed by atoms with Crippen LogP contribution < -0.4 is 0 Å². The van der Waals surface area contributed by atoms with Crippen molar-refractivity contribution in [3.05, 3.63) is 41.0 Å². The van der Waals surface area contributed by atoms with Crippen LogP contribution in [0.3, 0.4) is 0 Å². The Bertz CT molecular complexity index is 308. The van der Waals surface area contributed by atoms with Gasteiger partial charge < -0.3 is 0 Å². The van der Waals surface area contributed by atoms with E-state index in [0.717, 1.165) is 6.42 Å². The van der Waals surface area contributed by atoms with Gasteiger partial charge in [0.05, 0.1) is 0 Å². The van der Waals surface area contributed by atoms with Gasteiger partial charge in [0.2, 0.25) is 0 Å². The molecule has 0 unspecified atom stereocenters. The molecule has 0 N–H and O–H groups in total. The Labute approximate surface area is 90.0 Å². The fourth-order valence-corrected chi connectivity index (χ4v) is 1.45. The standard InChI is InChI=1S/C10H10.2FH.Zr/c1-8-6-9-4-2-3-5-10(9)7-8;;;/h2-6H,7H2,1H3;2*1H;/q;;;+2/p-2. The monoisotopic (exact) mass is 258 g/mol. The summed E-state index contributed by atoms with van der Waals surface area (Å²) >= 11 is -2.77. The predicted octanol–water partition coefficient (Wildman–Crippen LogP) is 3.48. The summed E-state index contributed by atoms with van der Waals surface area (Å²) in [5.74, 6) is 0. The molecule has 1 aliphatic rings. The van der Waals surface area contributed by atoms with Crippen LogP contribution in [0.25, 0.3) is 6.08 Å². The van der Waals surface area contributed by atoms with Gasteiger partial charge in [-0.05, 0) is 24.5 Å². The molecule has 0 aromatic heterocycles. The molecule has 0 atom stereocenters. The Balaban J connectivity index is 0.000000251. The van der Waals surface area contributed by atoms with Crippen LogP contribution in [-0.4, -0.2) is 0 Å². The molecule has 1 aliphatic carbocycles. The van der Waals surface area contributed by atoms with Crippen LogP contribution in [0.1, 0.15) is 18.1 Å². The number of rotatable bonds is 0. The van der Waals surface area contributed by atoms with Crippen LogP contribution in [0.2, 0.25) is 0 Å². The maximum absolute atomic E-state index is 9.80. The van der Waals surface area contributed by atoms with Crippen molar-refractivity contribution >= 4 is 6.08 Å². The first kappa shape index (κ1) is 10.8. The second kappa shape index (κ2) is 5.44. The number of fused-ring (bicyclic) bond motifs is 1. The molecule has 0 spiro atoms. The van der Waals surface area contributed by atoms with Crippen LogP contribution in [-0.2, 0) is 30.9 Å². The first-order valence-electron chi connectivity index (χ1n) is 3.99. The molecule has 0 heterocycles. The summed E-state index contributed by atoms with van der Waals surface area (Å²) in [6.45, 7) is 2.18. The zero-order valence-electron chi connectivity index (χ0n) is 7.35. The SMILES string of the molecule is CC1=Cc2ccccc2C1.[F][Zr][F]. The summed E-state index contributed by atoms with van der Waals surface area (Å²) in [5, 5.41) is 0. The fraction of sp³-hybridized carbons (Fsp3) is 0.200. The van der Waals surface area contributed by atoms with Gasteiger partial charge in [-0.1, -0.05) is 35.9 Å². The van der Waals surface area contributed by atoms with Crippen molar-refractivity contribution in [3.8, 4) is 0 Å². The fourth-order valence-electron chi connectivity index (χ4n) is 1.45. The third-order valence-electron chi connectivity index (χ3n) is 1.93. The molecule has 0 saturated heterocycles. The number of hydrogen-bond donors (Lipinski definition) is 0. The number of allylic oxidation sites excluding steroid dienone is 1. The molecule has 0 amide bonds. The van der Waals surface area contributed by atoms with Crippen LogP contribution in [0.5, 0.6) is 0 Å². The minimum absolute atomic E-state index is 1.15. The van der Waals surface area contributed by atoms with Crippen molar-refractivity contribution in [3.63, 3.8) is 0 Å². The summed E-state index contributed by atoms with van der Waals surface area (Å²) in [5.41, 5.74) is 4.35. The van der Waals surface area contributed by atoms with Crippen molar-refractivity contribution in [2.24, 2.45) is 0 Å². The van der Waals surface area contributed by atoms with Crippen LogP contribution >= 0.6 is 0 Å². The van der Waals surface area contributed by atoms with Crippen molar-refractivity contribution in [2.45, 2.75) is 13.3 Å². The number of benzene rings is 1. The molecule has 0 saturated carbocycles. The van der Waals surface area contributed by atoms with E-state index in [-0.39, 0.29) is 0 Å². The number of halogens is 2. The normalized spacial score (nSPS) is 12.4. The van der Waals surface area contributed by atoms with E-state index in [9.17, 15) is 5.25 Å². The Morgan fingerprint density at radius 1 is 1.23 bits per heavy atom. The number of hydrogen-bond acceptors (Lipinski definition) is 0. The van der Waals surface area contributed by atoms with Gasteiger partial charge in [0.15, 0.2) is 0 Å². The maximum atomic E-state index is 9.80. The predicted molar refractivity (Wildman–Crippen MR) is 46.0 cm³/mol. The quantitative estimate of drug-likeness (QED) is 0.669. The first-order chi connectivity index (χ1) is 6.27. The molecule has 1 aromatic carbocycles. The summed E-state index contributed by atoms with van der Waals surface area (Å²) in [6.07, 6.45) is 3.41. The summed E-state index contributed by atoms with van der Waals surface area (Å²) in [6, 6.07) is 8.56. The molecule has 68 valence electrons. The van der Waals surface area contributed by atoms with E-state index in [4.69, 9.17) is 0 Å². The Morgan fingerprint density at radius 2 is 1.85 bits per heavy atom. The van der Waals surface area contributed by atoms with Crippen molar-refractivity contribution in [1.82, 2.24) is 0 Å². The average molecular weight is 259 g/mol. The summed E-state index contributed by atoms with van der Waals surface area (Å²) < 4.78 is 19.6. The molecule has 2 rings (SSSR count). The van der Waals surface area contributed by atoms with Crippen LogP contribution in [0.15, 0.2) is 29.8 Å². The summed E-state index contributed by atoms with van der Waals surface area (Å²) in [7, 11) is 0. The van der Waals surface area contributed by atoms with E-state index < -0.39 is 24.5 Å². The molecule has 13 heavy (non-hydrogen) atoms. The summed E-state index contributed by atoms with van der Waals surface area (Å²) in [4.78, 5) is 0. The van der Waals surface area contributed by atoms with Crippen molar-refractivity contribution < 1.29 is 29.7 Å². The van der Waals surface area contributed by atoms with E-state index in [2.05, 4.69) is 37.3 Å². The van der Waals surface area contributed by atoms with Crippen molar-refractivity contribution in [1.29, 1.82) is 0 Å². The molecule has 3 heteroatoms. The van der Waals surface area contributed by atoms with Gasteiger partial charge in [0.1, 0.15) is 0 Å². The average Bonchev–Trinajstić information content (AvgIpc) is 2.45. The molecular formula is C10H10F2Zr. The Kier molecular flexibility index (Phi) is 4.51. The van der Waals surface area contributed by atoms with Crippen molar-refractivity contribution in [2.75, 3.05) is 0 Å². The molecule has 0 fully saturated rings. The van der Waals surface area contributed by atoms with E-state index >= 15 is 0 Å². The van der Waals surface area contributed by atoms with E-state index in [1.165, 1.54) is 16.7 Å². The van der Waals surface area contributed by atoms with E-state index in [0.29, 0.717) is 0 Å². The van der Waals surface area contributed by atoms with Crippen LogP contribution in [0.4, 0.5) is 5.25 Å². The zero-order chi connectivity index (χ0) is 9.68. The molecule has 0 aliphatic heterocycles. The van der Waals surface area contributed by atoms with Gasteiger partial charge >= 0.3 is 29.7 Å². The molecule has 0 bridgehead atoms.